The predicted molar refractivity (Wildman–Crippen MR) is 68.6 cm³/mol. The molecule has 0 radical (unpaired) electrons. The van der Waals surface area contributed by atoms with Crippen molar-refractivity contribution in [2.24, 2.45) is 0 Å². The molecule has 1 aliphatic heterocycles. The second-order valence-corrected chi connectivity index (χ2v) is 5.46. The van der Waals surface area contributed by atoms with Gasteiger partial charge in [-0.2, -0.15) is 0 Å². The zero-order valence-electron chi connectivity index (χ0n) is 12.3. The molecule has 0 saturated carbocycles. The van der Waals surface area contributed by atoms with Crippen LogP contribution in [0.1, 0.15) is 46.5 Å². The molecule has 0 aromatic carbocycles. The van der Waals surface area contributed by atoms with E-state index >= 15 is 0 Å². The molecule has 1 aliphatic rings. The topological polar surface area (TPSA) is 99.2 Å². The number of nitrogens with zero attached hydrogens (tertiary/aromatic N) is 1. The number of amides is 2. The fraction of sp³-hybridized carbons (Fsp3) is 0.692. The predicted octanol–water partition coefficient (Wildman–Crippen LogP) is 1.33. The lowest BCUT2D eigenvalue weighted by Gasteiger charge is -2.19. The summed E-state index contributed by atoms with van der Waals surface area (Å²) in [6.45, 7) is 5.18. The van der Waals surface area contributed by atoms with E-state index in [-0.39, 0.29) is 32.3 Å². The maximum atomic E-state index is 11.4. The summed E-state index contributed by atoms with van der Waals surface area (Å²) in [5, 5.41) is 0.399. The number of esters is 1. The van der Waals surface area contributed by atoms with Crippen LogP contribution in [0.2, 0.25) is 0 Å². The molecule has 1 saturated heterocycles. The van der Waals surface area contributed by atoms with Crippen molar-refractivity contribution in [2.75, 3.05) is 6.61 Å². The molecule has 8 nitrogen and oxygen atoms in total. The lowest BCUT2D eigenvalue weighted by Crippen LogP contribution is -2.32. The molecule has 0 unspecified atom stereocenters. The summed E-state index contributed by atoms with van der Waals surface area (Å²) in [6.07, 6.45) is -0.768. The summed E-state index contributed by atoms with van der Waals surface area (Å²) in [6, 6.07) is 0. The van der Waals surface area contributed by atoms with Crippen molar-refractivity contribution in [1.29, 1.82) is 0 Å². The number of hydrogen-bond donors (Lipinski definition) is 0. The molecule has 1 fully saturated rings. The van der Waals surface area contributed by atoms with E-state index in [1.807, 2.05) is 0 Å². The lowest BCUT2D eigenvalue weighted by molar-refractivity contribution is -0.177. The molecular formula is C13H19NO7. The van der Waals surface area contributed by atoms with E-state index < -0.39 is 29.5 Å². The number of imide groups is 1. The van der Waals surface area contributed by atoms with Gasteiger partial charge in [-0.3, -0.25) is 19.2 Å². The van der Waals surface area contributed by atoms with E-state index in [4.69, 9.17) is 4.74 Å². The zero-order chi connectivity index (χ0) is 16.0. The van der Waals surface area contributed by atoms with Crippen LogP contribution in [0.3, 0.4) is 0 Å². The van der Waals surface area contributed by atoms with Gasteiger partial charge in [-0.15, -0.1) is 0 Å². The minimum absolute atomic E-state index is 0.0186. The lowest BCUT2D eigenvalue weighted by atomic mass is 10.2. The highest BCUT2D eigenvalue weighted by molar-refractivity contribution is 6.01. The maximum Gasteiger partial charge on any atom is 0.533 e. The molecule has 0 atom stereocenters. The Balaban J connectivity index is 2.18. The van der Waals surface area contributed by atoms with Crippen LogP contribution >= 0.6 is 0 Å². The van der Waals surface area contributed by atoms with Crippen molar-refractivity contribution in [1.82, 2.24) is 5.06 Å². The van der Waals surface area contributed by atoms with Gasteiger partial charge in [0.05, 0.1) is 6.61 Å². The molecule has 0 N–H and O–H groups in total. The van der Waals surface area contributed by atoms with Crippen LogP contribution in [0.5, 0.6) is 0 Å². The summed E-state index contributed by atoms with van der Waals surface area (Å²) in [5.74, 6) is -1.55. The number of carbonyl (C=O) groups is 4. The summed E-state index contributed by atoms with van der Waals surface area (Å²) in [5.41, 5.74) is -0.562. The molecule has 2 amide bonds. The number of rotatable bonds is 5. The standard InChI is InChI=1S/C13H19NO7/c1-13(2,3)20-11(17)5-4-8-19-12(18)21-14-9(15)6-7-10(14)16/h4-8H2,1-3H3. The average molecular weight is 301 g/mol. The molecule has 0 bridgehead atoms. The SMILES string of the molecule is CC(C)(C)OC(=O)CCCOC(=O)ON1C(=O)CCC1=O. The Hall–Kier alpha value is -2.12. The Kier molecular flexibility index (Phi) is 5.69. The van der Waals surface area contributed by atoms with Gasteiger partial charge in [0.25, 0.3) is 11.8 Å². The van der Waals surface area contributed by atoms with Gasteiger partial charge >= 0.3 is 12.1 Å². The minimum atomic E-state index is -1.15. The van der Waals surface area contributed by atoms with E-state index in [0.29, 0.717) is 5.06 Å². The van der Waals surface area contributed by atoms with Gasteiger partial charge in [0.15, 0.2) is 0 Å². The fourth-order valence-electron chi connectivity index (χ4n) is 1.52. The van der Waals surface area contributed by atoms with Crippen molar-refractivity contribution in [3.63, 3.8) is 0 Å². The van der Waals surface area contributed by atoms with Crippen molar-refractivity contribution >= 4 is 23.9 Å². The molecule has 21 heavy (non-hydrogen) atoms. The van der Waals surface area contributed by atoms with Crippen LogP contribution in [-0.4, -0.2) is 41.2 Å². The average Bonchev–Trinajstić information content (AvgIpc) is 2.64. The summed E-state index contributed by atoms with van der Waals surface area (Å²) in [4.78, 5) is 49.5. The first-order valence-corrected chi connectivity index (χ1v) is 6.61. The Labute approximate surface area is 122 Å². The van der Waals surface area contributed by atoms with Gasteiger partial charge in [0.2, 0.25) is 0 Å². The van der Waals surface area contributed by atoms with Crippen LogP contribution in [0.15, 0.2) is 0 Å². The largest absolute Gasteiger partial charge is 0.533 e. The second-order valence-electron chi connectivity index (χ2n) is 5.46. The third-order valence-electron chi connectivity index (χ3n) is 2.34. The van der Waals surface area contributed by atoms with Gasteiger partial charge in [-0.25, -0.2) is 4.79 Å². The molecule has 8 heteroatoms. The summed E-state index contributed by atoms with van der Waals surface area (Å²) >= 11 is 0. The molecule has 118 valence electrons. The van der Waals surface area contributed by atoms with Crippen LogP contribution in [0, 0.1) is 0 Å². The number of hydroxylamine groups is 2. The number of carbonyl (C=O) groups excluding carboxylic acids is 4. The minimum Gasteiger partial charge on any atom is -0.460 e. The maximum absolute atomic E-state index is 11.4. The second kappa shape index (κ2) is 7.05. The summed E-state index contributed by atoms with van der Waals surface area (Å²) < 4.78 is 9.74. The van der Waals surface area contributed by atoms with Gasteiger partial charge in [-0.1, -0.05) is 5.06 Å². The van der Waals surface area contributed by atoms with E-state index in [1.54, 1.807) is 20.8 Å². The molecule has 0 aromatic heterocycles. The molecule has 0 aliphatic carbocycles. The smallest absolute Gasteiger partial charge is 0.460 e. The van der Waals surface area contributed by atoms with Gasteiger partial charge in [-0.05, 0) is 27.2 Å². The van der Waals surface area contributed by atoms with E-state index in [1.165, 1.54) is 0 Å². The molecular weight excluding hydrogens is 282 g/mol. The third kappa shape index (κ3) is 6.24. The highest BCUT2D eigenvalue weighted by atomic mass is 16.8. The zero-order valence-corrected chi connectivity index (χ0v) is 12.3. The number of ether oxygens (including phenoxy) is 2. The van der Waals surface area contributed by atoms with Gasteiger partial charge in [0.1, 0.15) is 5.60 Å². The monoisotopic (exact) mass is 301 g/mol. The Morgan fingerprint density at radius 2 is 1.71 bits per heavy atom. The summed E-state index contributed by atoms with van der Waals surface area (Å²) in [7, 11) is 0. The van der Waals surface area contributed by atoms with Crippen LogP contribution in [-0.2, 0) is 28.7 Å². The van der Waals surface area contributed by atoms with Crippen LogP contribution in [0.25, 0.3) is 0 Å². The first-order chi connectivity index (χ1) is 9.69. The normalized spacial score (nSPS) is 15.1. The van der Waals surface area contributed by atoms with Crippen molar-refractivity contribution in [3.8, 4) is 0 Å². The quantitative estimate of drug-likeness (QED) is 0.429. The van der Waals surface area contributed by atoms with Gasteiger partial charge in [0, 0.05) is 19.3 Å². The van der Waals surface area contributed by atoms with E-state index in [0.717, 1.165) is 0 Å². The number of hydrogen-bond acceptors (Lipinski definition) is 7. The fourth-order valence-corrected chi connectivity index (χ4v) is 1.52. The van der Waals surface area contributed by atoms with Crippen molar-refractivity contribution in [2.45, 2.75) is 52.1 Å². The Morgan fingerprint density at radius 1 is 1.14 bits per heavy atom. The molecule has 1 heterocycles. The van der Waals surface area contributed by atoms with Gasteiger partial charge < -0.3 is 9.47 Å². The molecule has 1 rings (SSSR count). The third-order valence-corrected chi connectivity index (χ3v) is 2.34. The van der Waals surface area contributed by atoms with Crippen molar-refractivity contribution in [3.05, 3.63) is 0 Å². The highest BCUT2D eigenvalue weighted by Gasteiger charge is 2.33. The van der Waals surface area contributed by atoms with Crippen LogP contribution in [0.4, 0.5) is 4.79 Å². The Morgan fingerprint density at radius 3 is 2.24 bits per heavy atom. The Bertz CT molecular complexity index is 422. The molecule has 0 spiro atoms. The first-order valence-electron chi connectivity index (χ1n) is 6.61. The van der Waals surface area contributed by atoms with Crippen molar-refractivity contribution < 1.29 is 33.5 Å². The van der Waals surface area contributed by atoms with E-state index in [9.17, 15) is 19.2 Å². The van der Waals surface area contributed by atoms with Crippen LogP contribution < -0.4 is 0 Å². The highest BCUT2D eigenvalue weighted by Crippen LogP contribution is 2.13. The first kappa shape index (κ1) is 16.9. The molecule has 0 aromatic rings. The van der Waals surface area contributed by atoms with E-state index in [2.05, 4.69) is 9.57 Å².